The second kappa shape index (κ2) is 13.6. The number of amides is 3. The van der Waals surface area contributed by atoms with E-state index in [1.807, 2.05) is 6.92 Å². The fourth-order valence-electron chi connectivity index (χ4n) is 4.38. The van der Waals surface area contributed by atoms with Crippen LogP contribution in [0.3, 0.4) is 0 Å². The van der Waals surface area contributed by atoms with Crippen LogP contribution in [0.2, 0.25) is 5.02 Å². The summed E-state index contributed by atoms with van der Waals surface area (Å²) in [6, 6.07) is 15.4. The number of ether oxygens (including phenoxy) is 1. The van der Waals surface area contributed by atoms with E-state index in [1.165, 1.54) is 19.2 Å². The van der Waals surface area contributed by atoms with E-state index in [9.17, 15) is 19.5 Å². The summed E-state index contributed by atoms with van der Waals surface area (Å²) < 4.78 is 5.46. The van der Waals surface area contributed by atoms with Gasteiger partial charge in [-0.2, -0.15) is 0 Å². The first kappa shape index (κ1) is 29.3. The third kappa shape index (κ3) is 7.52. The number of carbonyl (C=O) groups excluding carboxylic acids is 2. The van der Waals surface area contributed by atoms with Gasteiger partial charge in [-0.3, -0.25) is 14.7 Å². The molecule has 3 aromatic rings. The molecular weight excluding hydrogens is 550 g/mol. The van der Waals surface area contributed by atoms with Crippen LogP contribution in [0, 0.1) is 5.92 Å². The summed E-state index contributed by atoms with van der Waals surface area (Å²) >= 11 is 6.21. The van der Waals surface area contributed by atoms with Crippen LogP contribution >= 0.6 is 11.6 Å². The van der Waals surface area contributed by atoms with E-state index in [2.05, 4.69) is 20.8 Å². The van der Waals surface area contributed by atoms with Crippen LogP contribution in [0.1, 0.15) is 40.9 Å². The highest BCUT2D eigenvalue weighted by Gasteiger charge is 2.34. The predicted molar refractivity (Wildman–Crippen MR) is 152 cm³/mol. The number of nitrogens with one attached hydrogen (secondary N) is 2. The van der Waals surface area contributed by atoms with Crippen molar-refractivity contribution in [3.8, 4) is 11.6 Å². The highest BCUT2D eigenvalue weighted by atomic mass is 35.5. The van der Waals surface area contributed by atoms with E-state index in [0.29, 0.717) is 28.3 Å². The maximum Gasteiger partial charge on any atom is 0.335 e. The number of aromatic nitrogens is 1. The van der Waals surface area contributed by atoms with Crippen LogP contribution in [-0.4, -0.2) is 58.9 Å². The molecule has 0 saturated carbocycles. The number of nitrogens with zero attached hydrogens (tertiary/aromatic N) is 3. The maximum atomic E-state index is 13.8. The van der Waals surface area contributed by atoms with Crippen LogP contribution in [0.4, 0.5) is 4.79 Å². The Kier molecular flexibility index (Phi) is 9.75. The van der Waals surface area contributed by atoms with Crippen LogP contribution in [0.15, 0.2) is 71.9 Å². The highest BCUT2D eigenvalue weighted by molar-refractivity contribution is 6.30. The minimum absolute atomic E-state index is 0.0834. The number of hydroxylamine groups is 1. The van der Waals surface area contributed by atoms with Gasteiger partial charge in [-0.25, -0.2) is 20.1 Å². The molecule has 2 atom stereocenters. The minimum Gasteiger partial charge on any atom is -0.496 e. The summed E-state index contributed by atoms with van der Waals surface area (Å²) in [5.74, 6) is -1.05. The Morgan fingerprint density at radius 3 is 2.61 bits per heavy atom. The number of carboxylic acids is 1. The van der Waals surface area contributed by atoms with E-state index >= 15 is 0 Å². The van der Waals surface area contributed by atoms with Crippen molar-refractivity contribution in [3.63, 3.8) is 0 Å². The predicted octanol–water partition coefficient (Wildman–Crippen LogP) is 4.29. The van der Waals surface area contributed by atoms with Crippen molar-refractivity contribution in [1.82, 2.24) is 20.7 Å². The van der Waals surface area contributed by atoms with Gasteiger partial charge in [0.15, 0.2) is 5.84 Å². The van der Waals surface area contributed by atoms with Crippen LogP contribution < -0.4 is 20.4 Å². The number of rotatable bonds is 9. The molecule has 3 N–H and O–H groups in total. The zero-order valence-electron chi connectivity index (χ0n) is 22.5. The average Bonchev–Trinajstić information content (AvgIpc) is 3.14. The molecule has 1 unspecified atom stereocenters. The van der Waals surface area contributed by atoms with Gasteiger partial charge in [0.2, 0.25) is 11.8 Å². The molecule has 2 heterocycles. The summed E-state index contributed by atoms with van der Waals surface area (Å²) in [6.45, 7) is 1.79. The number of hydrogen-bond donors (Lipinski definition) is 3. The third-order valence-electron chi connectivity index (χ3n) is 6.56. The fourth-order valence-corrected chi connectivity index (χ4v) is 4.58. The standard InChI is InChI=1S/C29H30ClN5O6/c1-3-23(18-7-9-19(10-8-18)28(37)38)33-29(39)35-17-25(34-41-26-6-4-5-13-31-26)32-16-21(27(35)36)14-20-15-22(30)11-12-24(20)40-2/h4-13,15,21,23H,3,14,16-17H2,1-2H3,(H,32,34)(H,33,39)(H,37,38)/t21-,23?/m1/s1. The number of urea groups is 1. The first-order chi connectivity index (χ1) is 19.8. The van der Waals surface area contributed by atoms with Gasteiger partial charge >= 0.3 is 12.0 Å². The molecule has 11 nitrogen and oxygen atoms in total. The zero-order valence-corrected chi connectivity index (χ0v) is 23.3. The number of pyridine rings is 1. The molecule has 12 heteroatoms. The van der Waals surface area contributed by atoms with Crippen molar-refractivity contribution in [2.45, 2.75) is 25.8 Å². The van der Waals surface area contributed by atoms with E-state index < -0.39 is 29.9 Å². The number of aliphatic imine (C=N–C) groups is 1. The van der Waals surface area contributed by atoms with E-state index in [-0.39, 0.29) is 36.8 Å². The maximum absolute atomic E-state index is 13.8. The molecule has 1 aromatic heterocycles. The first-order valence-corrected chi connectivity index (χ1v) is 13.3. The number of carboxylic acid groups (broad SMARTS) is 1. The van der Waals surface area contributed by atoms with E-state index in [4.69, 9.17) is 21.2 Å². The highest BCUT2D eigenvalue weighted by Crippen LogP contribution is 2.27. The average molecular weight is 580 g/mol. The van der Waals surface area contributed by atoms with Crippen molar-refractivity contribution in [2.75, 3.05) is 20.2 Å². The molecule has 3 amide bonds. The molecular formula is C29H30ClN5O6. The van der Waals surface area contributed by atoms with Crippen LogP contribution in [-0.2, 0) is 11.2 Å². The lowest BCUT2D eigenvalue weighted by atomic mass is 9.97. The molecule has 0 fully saturated rings. The molecule has 2 aromatic carbocycles. The number of halogens is 1. The van der Waals surface area contributed by atoms with Crippen LogP contribution in [0.25, 0.3) is 0 Å². The number of hydrogen-bond acceptors (Lipinski definition) is 8. The Bertz CT molecular complexity index is 1420. The smallest absolute Gasteiger partial charge is 0.335 e. The summed E-state index contributed by atoms with van der Waals surface area (Å²) in [4.78, 5) is 53.9. The third-order valence-corrected chi connectivity index (χ3v) is 6.79. The Hall–Kier alpha value is -4.64. The number of aromatic carboxylic acids is 1. The molecule has 41 heavy (non-hydrogen) atoms. The monoisotopic (exact) mass is 579 g/mol. The number of methoxy groups -OCH3 is 1. The van der Waals surface area contributed by atoms with Gasteiger partial charge < -0.3 is 20.0 Å². The minimum atomic E-state index is -1.04. The molecule has 1 aliphatic heterocycles. The summed E-state index contributed by atoms with van der Waals surface area (Å²) in [6.07, 6.45) is 2.31. The Balaban J connectivity index is 1.58. The summed E-state index contributed by atoms with van der Waals surface area (Å²) in [5.41, 5.74) is 4.28. The van der Waals surface area contributed by atoms with Crippen molar-refractivity contribution < 1.29 is 29.1 Å². The molecule has 0 spiro atoms. The lowest BCUT2D eigenvalue weighted by Gasteiger charge is -2.26. The van der Waals surface area contributed by atoms with Gasteiger partial charge in [0.1, 0.15) is 5.75 Å². The molecule has 214 valence electrons. The normalized spacial score (nSPS) is 15.8. The van der Waals surface area contributed by atoms with Gasteiger partial charge in [-0.15, -0.1) is 0 Å². The molecule has 0 radical (unpaired) electrons. The number of imide groups is 1. The van der Waals surface area contributed by atoms with Gasteiger partial charge in [0.25, 0.3) is 0 Å². The van der Waals surface area contributed by atoms with Crippen molar-refractivity contribution in [2.24, 2.45) is 10.9 Å². The number of carbonyl (C=O) groups is 3. The van der Waals surface area contributed by atoms with Gasteiger partial charge in [0, 0.05) is 17.3 Å². The number of benzene rings is 2. The SMILES string of the molecule is CCC(NC(=O)N1CC(NOc2ccccn2)=NC[C@@H](Cc2cc(Cl)ccc2OC)C1=O)c1ccc(C(=O)O)cc1. The largest absolute Gasteiger partial charge is 0.496 e. The molecule has 0 saturated heterocycles. The summed E-state index contributed by atoms with van der Waals surface area (Å²) in [5, 5.41) is 12.6. The fraction of sp³-hybridized carbons (Fsp3) is 0.276. The number of amidine groups is 1. The topological polar surface area (TPSA) is 142 Å². The first-order valence-electron chi connectivity index (χ1n) is 12.9. The van der Waals surface area contributed by atoms with Crippen molar-refractivity contribution in [3.05, 3.63) is 88.6 Å². The molecule has 0 aliphatic carbocycles. The van der Waals surface area contributed by atoms with Crippen molar-refractivity contribution >= 4 is 35.3 Å². The van der Waals surface area contributed by atoms with Crippen LogP contribution in [0.5, 0.6) is 11.6 Å². The summed E-state index contributed by atoms with van der Waals surface area (Å²) in [7, 11) is 1.53. The van der Waals surface area contributed by atoms with Gasteiger partial charge in [0.05, 0.1) is 37.7 Å². The zero-order chi connectivity index (χ0) is 29.4. The molecule has 1 aliphatic rings. The van der Waals surface area contributed by atoms with E-state index in [1.54, 1.807) is 54.7 Å². The second-order valence-corrected chi connectivity index (χ2v) is 9.72. The Morgan fingerprint density at radius 2 is 1.95 bits per heavy atom. The molecule has 0 bridgehead atoms. The molecule has 4 rings (SSSR count). The Labute approximate surface area is 242 Å². The Morgan fingerprint density at radius 1 is 1.17 bits per heavy atom. The van der Waals surface area contributed by atoms with Gasteiger partial charge in [-0.1, -0.05) is 36.7 Å². The quantitative estimate of drug-likeness (QED) is 0.319. The van der Waals surface area contributed by atoms with E-state index in [0.717, 1.165) is 4.90 Å². The lowest BCUT2D eigenvalue weighted by Crippen LogP contribution is -2.50. The van der Waals surface area contributed by atoms with Gasteiger partial charge in [-0.05, 0) is 60.4 Å². The lowest BCUT2D eigenvalue weighted by molar-refractivity contribution is -0.131. The van der Waals surface area contributed by atoms with Crippen molar-refractivity contribution in [1.29, 1.82) is 0 Å². The second-order valence-electron chi connectivity index (χ2n) is 9.28.